The molecule has 0 aromatic heterocycles. The Balaban J connectivity index is 3.16. The molecule has 0 radical (unpaired) electrons. The second-order valence-electron chi connectivity index (χ2n) is 4.73. The van der Waals surface area contributed by atoms with Gasteiger partial charge in [-0.1, -0.05) is 19.9 Å². The third-order valence-electron chi connectivity index (χ3n) is 2.57. The van der Waals surface area contributed by atoms with Gasteiger partial charge in [-0.2, -0.15) is 0 Å². The fourth-order valence-electron chi connectivity index (χ4n) is 1.79. The summed E-state index contributed by atoms with van der Waals surface area (Å²) in [6, 6.07) is 3.99. The standard InChI is InChI=1S/C13H21NO/c1-9(2)12-7-13(15)10(3)6-11(12)8-14(4)5/h6-7,9,15H,8H2,1-5H3. The van der Waals surface area contributed by atoms with Crippen molar-refractivity contribution in [3.05, 3.63) is 28.8 Å². The molecule has 0 amide bonds. The summed E-state index contributed by atoms with van der Waals surface area (Å²) >= 11 is 0. The summed E-state index contributed by atoms with van der Waals surface area (Å²) in [5.74, 6) is 0.854. The van der Waals surface area contributed by atoms with Crippen LogP contribution in [0.4, 0.5) is 0 Å². The average Bonchev–Trinajstić information content (AvgIpc) is 2.09. The van der Waals surface area contributed by atoms with Crippen molar-refractivity contribution in [3.8, 4) is 5.75 Å². The van der Waals surface area contributed by atoms with E-state index in [4.69, 9.17) is 0 Å². The normalized spacial score (nSPS) is 11.4. The predicted molar refractivity (Wildman–Crippen MR) is 64.3 cm³/mol. The van der Waals surface area contributed by atoms with Crippen LogP contribution in [-0.2, 0) is 6.54 Å². The lowest BCUT2D eigenvalue weighted by atomic mass is 9.94. The Morgan fingerprint density at radius 1 is 1.27 bits per heavy atom. The number of rotatable bonds is 3. The first kappa shape index (κ1) is 12.1. The van der Waals surface area contributed by atoms with E-state index in [9.17, 15) is 5.11 Å². The average molecular weight is 207 g/mol. The van der Waals surface area contributed by atoms with Crippen molar-refractivity contribution in [1.29, 1.82) is 0 Å². The molecule has 1 rings (SSSR count). The first-order valence-electron chi connectivity index (χ1n) is 5.39. The molecule has 0 atom stereocenters. The monoisotopic (exact) mass is 207 g/mol. The minimum atomic E-state index is 0.404. The van der Waals surface area contributed by atoms with Gasteiger partial charge in [-0.3, -0.25) is 0 Å². The molecule has 0 saturated carbocycles. The van der Waals surface area contributed by atoms with Crippen LogP contribution >= 0.6 is 0 Å². The Morgan fingerprint density at radius 3 is 2.33 bits per heavy atom. The van der Waals surface area contributed by atoms with Crippen molar-refractivity contribution in [3.63, 3.8) is 0 Å². The lowest BCUT2D eigenvalue weighted by molar-refractivity contribution is 0.399. The van der Waals surface area contributed by atoms with E-state index in [0.717, 1.165) is 12.1 Å². The summed E-state index contributed by atoms with van der Waals surface area (Å²) in [5.41, 5.74) is 3.51. The van der Waals surface area contributed by atoms with Crippen LogP contribution in [0.15, 0.2) is 12.1 Å². The first-order chi connectivity index (χ1) is 6.91. The van der Waals surface area contributed by atoms with E-state index in [1.54, 1.807) is 0 Å². The maximum atomic E-state index is 9.69. The quantitative estimate of drug-likeness (QED) is 0.823. The number of aryl methyl sites for hydroxylation is 1. The second kappa shape index (κ2) is 4.67. The zero-order valence-electron chi connectivity index (χ0n) is 10.3. The molecule has 0 unspecified atom stereocenters. The van der Waals surface area contributed by atoms with Gasteiger partial charge in [-0.05, 0) is 49.7 Å². The molecule has 0 aliphatic rings. The molecule has 0 aliphatic carbocycles. The van der Waals surface area contributed by atoms with Crippen molar-refractivity contribution in [2.75, 3.05) is 14.1 Å². The number of phenolic OH excluding ortho intramolecular Hbond substituents is 1. The minimum absolute atomic E-state index is 0.404. The van der Waals surface area contributed by atoms with Crippen molar-refractivity contribution < 1.29 is 5.11 Å². The van der Waals surface area contributed by atoms with Crippen LogP contribution in [0.3, 0.4) is 0 Å². The van der Waals surface area contributed by atoms with Gasteiger partial charge in [0.2, 0.25) is 0 Å². The number of hydrogen-bond acceptors (Lipinski definition) is 2. The molecule has 0 saturated heterocycles. The van der Waals surface area contributed by atoms with Gasteiger partial charge < -0.3 is 10.0 Å². The highest BCUT2D eigenvalue weighted by atomic mass is 16.3. The van der Waals surface area contributed by atoms with Crippen molar-refractivity contribution in [2.24, 2.45) is 0 Å². The summed E-state index contributed by atoms with van der Waals surface area (Å²) in [6.45, 7) is 7.18. The van der Waals surface area contributed by atoms with Gasteiger partial charge >= 0.3 is 0 Å². The largest absolute Gasteiger partial charge is 0.508 e. The third kappa shape index (κ3) is 2.96. The minimum Gasteiger partial charge on any atom is -0.508 e. The molecule has 0 spiro atoms. The Hall–Kier alpha value is -1.02. The van der Waals surface area contributed by atoms with E-state index in [2.05, 4.69) is 38.9 Å². The van der Waals surface area contributed by atoms with Crippen LogP contribution in [-0.4, -0.2) is 24.1 Å². The van der Waals surface area contributed by atoms with Crippen LogP contribution in [0.25, 0.3) is 0 Å². The molecule has 0 aliphatic heterocycles. The van der Waals surface area contributed by atoms with E-state index in [1.165, 1.54) is 11.1 Å². The van der Waals surface area contributed by atoms with Crippen LogP contribution < -0.4 is 0 Å². The van der Waals surface area contributed by atoms with E-state index < -0.39 is 0 Å². The SMILES string of the molecule is Cc1cc(CN(C)C)c(C(C)C)cc1O. The maximum Gasteiger partial charge on any atom is 0.118 e. The van der Waals surface area contributed by atoms with Crippen LogP contribution in [0.5, 0.6) is 5.75 Å². The number of aromatic hydroxyl groups is 1. The molecule has 2 nitrogen and oxygen atoms in total. The zero-order chi connectivity index (χ0) is 11.6. The molecular formula is C13H21NO. The molecule has 1 aromatic rings. The molecule has 15 heavy (non-hydrogen) atoms. The van der Waals surface area contributed by atoms with E-state index in [0.29, 0.717) is 11.7 Å². The summed E-state index contributed by atoms with van der Waals surface area (Å²) in [5, 5.41) is 9.69. The van der Waals surface area contributed by atoms with Gasteiger partial charge in [-0.25, -0.2) is 0 Å². The van der Waals surface area contributed by atoms with Crippen molar-refractivity contribution in [2.45, 2.75) is 33.2 Å². The van der Waals surface area contributed by atoms with Crippen LogP contribution in [0.1, 0.15) is 36.5 Å². The van der Waals surface area contributed by atoms with Crippen molar-refractivity contribution >= 4 is 0 Å². The van der Waals surface area contributed by atoms with E-state index in [1.807, 2.05) is 13.0 Å². The predicted octanol–water partition coefficient (Wildman–Crippen LogP) is 2.89. The van der Waals surface area contributed by atoms with Gasteiger partial charge in [0.15, 0.2) is 0 Å². The molecule has 1 N–H and O–H groups in total. The lowest BCUT2D eigenvalue weighted by Crippen LogP contribution is -2.13. The third-order valence-corrected chi connectivity index (χ3v) is 2.57. The summed E-state index contributed by atoms with van der Waals surface area (Å²) in [6.07, 6.45) is 0. The lowest BCUT2D eigenvalue weighted by Gasteiger charge is -2.18. The van der Waals surface area contributed by atoms with Crippen molar-refractivity contribution in [1.82, 2.24) is 4.90 Å². The number of nitrogens with zero attached hydrogens (tertiary/aromatic N) is 1. The number of phenols is 1. The van der Waals surface area contributed by atoms with E-state index >= 15 is 0 Å². The van der Waals surface area contributed by atoms with Crippen LogP contribution in [0.2, 0.25) is 0 Å². The molecule has 1 aromatic carbocycles. The molecule has 2 heteroatoms. The van der Waals surface area contributed by atoms with Gasteiger partial charge in [0, 0.05) is 6.54 Å². The Kier molecular flexibility index (Phi) is 3.75. The molecule has 0 bridgehead atoms. The Labute approximate surface area is 92.5 Å². The topological polar surface area (TPSA) is 23.5 Å². The second-order valence-corrected chi connectivity index (χ2v) is 4.73. The Bertz CT molecular complexity index is 343. The van der Waals surface area contributed by atoms with Crippen LogP contribution in [0, 0.1) is 6.92 Å². The highest BCUT2D eigenvalue weighted by Gasteiger charge is 2.10. The fourth-order valence-corrected chi connectivity index (χ4v) is 1.79. The van der Waals surface area contributed by atoms with Gasteiger partial charge in [0.1, 0.15) is 5.75 Å². The molecular weight excluding hydrogens is 186 g/mol. The fraction of sp³-hybridized carbons (Fsp3) is 0.538. The zero-order valence-corrected chi connectivity index (χ0v) is 10.3. The maximum absolute atomic E-state index is 9.69. The van der Waals surface area contributed by atoms with E-state index in [-0.39, 0.29) is 0 Å². The number of benzene rings is 1. The summed E-state index contributed by atoms with van der Waals surface area (Å²) in [7, 11) is 4.12. The van der Waals surface area contributed by atoms with Gasteiger partial charge in [0.05, 0.1) is 0 Å². The number of hydrogen-bond donors (Lipinski definition) is 1. The Morgan fingerprint density at radius 2 is 1.87 bits per heavy atom. The summed E-state index contributed by atoms with van der Waals surface area (Å²) < 4.78 is 0. The highest BCUT2D eigenvalue weighted by Crippen LogP contribution is 2.27. The smallest absolute Gasteiger partial charge is 0.118 e. The molecule has 0 fully saturated rings. The highest BCUT2D eigenvalue weighted by molar-refractivity contribution is 5.42. The first-order valence-corrected chi connectivity index (χ1v) is 5.39. The molecule has 84 valence electrons. The van der Waals surface area contributed by atoms with Gasteiger partial charge in [-0.15, -0.1) is 0 Å². The van der Waals surface area contributed by atoms with Gasteiger partial charge in [0.25, 0.3) is 0 Å². The summed E-state index contributed by atoms with van der Waals surface area (Å²) in [4.78, 5) is 2.15. The molecule has 0 heterocycles.